The number of nitrogens with one attached hydrogen (secondary N) is 1. The highest BCUT2D eigenvalue weighted by molar-refractivity contribution is 5.94. The van der Waals surface area contributed by atoms with Crippen molar-refractivity contribution < 1.29 is 19.1 Å². The molecule has 1 fully saturated rings. The fraction of sp³-hybridized carbons (Fsp3) is 0.571. The Kier molecular flexibility index (Phi) is 7.84. The molecule has 0 aliphatic carbocycles. The van der Waals surface area contributed by atoms with Gasteiger partial charge in [0.2, 0.25) is 11.8 Å². The monoisotopic (exact) mass is 389 g/mol. The molecule has 0 aromatic heterocycles. The Morgan fingerprint density at radius 3 is 2.32 bits per heavy atom. The number of hydrogen-bond acceptors (Lipinski definition) is 4. The van der Waals surface area contributed by atoms with Crippen LogP contribution in [0.2, 0.25) is 0 Å². The van der Waals surface area contributed by atoms with Gasteiger partial charge >= 0.3 is 6.09 Å². The van der Waals surface area contributed by atoms with Crippen LogP contribution < -0.4 is 10.2 Å². The number of carbonyl (C=O) groups excluding carboxylic acids is 3. The smallest absolute Gasteiger partial charge is 0.409 e. The van der Waals surface area contributed by atoms with Gasteiger partial charge in [-0.25, -0.2) is 4.79 Å². The van der Waals surface area contributed by atoms with E-state index in [1.807, 2.05) is 32.0 Å². The van der Waals surface area contributed by atoms with E-state index >= 15 is 0 Å². The predicted octanol–water partition coefficient (Wildman–Crippen LogP) is 2.78. The first kappa shape index (κ1) is 21.7. The molecule has 0 saturated carbocycles. The summed E-state index contributed by atoms with van der Waals surface area (Å²) in [6.07, 6.45) is 1.36. The molecule has 0 radical (unpaired) electrons. The average molecular weight is 389 g/mol. The fourth-order valence-electron chi connectivity index (χ4n) is 3.59. The Hall–Kier alpha value is -2.57. The van der Waals surface area contributed by atoms with Crippen LogP contribution in [0.1, 0.15) is 44.2 Å². The van der Waals surface area contributed by atoms with Crippen molar-refractivity contribution in [3.8, 4) is 0 Å². The molecule has 154 valence electrons. The first-order chi connectivity index (χ1) is 13.3. The minimum absolute atomic E-state index is 0.0455. The molecule has 3 amide bonds. The lowest BCUT2D eigenvalue weighted by atomic mass is 10.1. The number of benzene rings is 1. The second kappa shape index (κ2) is 10.1. The van der Waals surface area contributed by atoms with Crippen LogP contribution in [0.15, 0.2) is 18.2 Å². The van der Waals surface area contributed by atoms with E-state index in [1.54, 1.807) is 16.7 Å². The van der Waals surface area contributed by atoms with Gasteiger partial charge in [0.25, 0.3) is 0 Å². The quantitative estimate of drug-likeness (QED) is 0.811. The number of para-hydroxylation sites is 1. The number of likely N-dealkylation sites (tertiary alicyclic amines) is 1. The van der Waals surface area contributed by atoms with Crippen LogP contribution in [0, 0.1) is 13.8 Å². The number of hydrogen-bond donors (Lipinski definition) is 1. The van der Waals surface area contributed by atoms with Gasteiger partial charge in [0.15, 0.2) is 0 Å². The maximum absolute atomic E-state index is 12.4. The minimum Gasteiger partial charge on any atom is -0.450 e. The zero-order chi connectivity index (χ0) is 20.7. The third-order valence-corrected chi connectivity index (χ3v) is 5.04. The second-order valence-corrected chi connectivity index (χ2v) is 7.19. The van der Waals surface area contributed by atoms with Crippen LogP contribution in [0.3, 0.4) is 0 Å². The number of nitrogens with zero attached hydrogens (tertiary/aromatic N) is 2. The Morgan fingerprint density at radius 1 is 1.18 bits per heavy atom. The molecule has 0 spiro atoms. The minimum atomic E-state index is -0.294. The van der Waals surface area contributed by atoms with Gasteiger partial charge in [0.1, 0.15) is 0 Å². The topological polar surface area (TPSA) is 79.0 Å². The van der Waals surface area contributed by atoms with Gasteiger partial charge in [0.05, 0.1) is 6.61 Å². The summed E-state index contributed by atoms with van der Waals surface area (Å²) >= 11 is 0. The van der Waals surface area contributed by atoms with Gasteiger partial charge in [-0.05, 0) is 44.7 Å². The number of piperidine rings is 1. The van der Waals surface area contributed by atoms with Gasteiger partial charge < -0.3 is 19.9 Å². The largest absolute Gasteiger partial charge is 0.450 e. The van der Waals surface area contributed by atoms with Crippen LogP contribution in [0.5, 0.6) is 0 Å². The molecule has 0 atom stereocenters. The lowest BCUT2D eigenvalue weighted by Crippen LogP contribution is -2.47. The lowest BCUT2D eigenvalue weighted by molar-refractivity contribution is -0.122. The van der Waals surface area contributed by atoms with Gasteiger partial charge in [-0.3, -0.25) is 9.59 Å². The first-order valence-corrected chi connectivity index (χ1v) is 9.88. The molecule has 0 bridgehead atoms. The summed E-state index contributed by atoms with van der Waals surface area (Å²) in [6, 6.07) is 5.94. The summed E-state index contributed by atoms with van der Waals surface area (Å²) in [5.74, 6) is -0.153. The average Bonchev–Trinajstić information content (AvgIpc) is 2.64. The van der Waals surface area contributed by atoms with Crippen molar-refractivity contribution in [2.24, 2.45) is 0 Å². The molecule has 1 aromatic rings. The van der Waals surface area contributed by atoms with E-state index in [1.165, 1.54) is 6.92 Å². The van der Waals surface area contributed by atoms with Crippen molar-refractivity contribution >= 4 is 23.6 Å². The van der Waals surface area contributed by atoms with Crippen LogP contribution in [0.25, 0.3) is 0 Å². The van der Waals surface area contributed by atoms with Gasteiger partial charge in [-0.15, -0.1) is 0 Å². The summed E-state index contributed by atoms with van der Waals surface area (Å²) in [5, 5.41) is 3.03. The standard InChI is InChI=1S/C21H31N3O4/c1-5-28-21(27)23-12-9-18(10-13-23)22-19(26)11-14-24(17(4)25)20-15(2)7-6-8-16(20)3/h6-8,18H,5,9-14H2,1-4H3,(H,22,26). The third kappa shape index (κ3) is 5.71. The SMILES string of the molecule is CCOC(=O)N1CCC(NC(=O)CCN(C(C)=O)c2c(C)cccc2C)CC1. The zero-order valence-corrected chi connectivity index (χ0v) is 17.3. The zero-order valence-electron chi connectivity index (χ0n) is 17.3. The molecule has 1 saturated heterocycles. The molecule has 7 nitrogen and oxygen atoms in total. The van der Waals surface area contributed by atoms with E-state index in [9.17, 15) is 14.4 Å². The van der Waals surface area contributed by atoms with Crippen molar-refractivity contribution in [3.63, 3.8) is 0 Å². The lowest BCUT2D eigenvalue weighted by Gasteiger charge is -2.32. The van der Waals surface area contributed by atoms with Crippen LogP contribution >= 0.6 is 0 Å². The number of aryl methyl sites for hydroxylation is 2. The Morgan fingerprint density at radius 2 is 1.79 bits per heavy atom. The van der Waals surface area contributed by atoms with E-state index in [0.717, 1.165) is 16.8 Å². The van der Waals surface area contributed by atoms with Crippen molar-refractivity contribution in [1.82, 2.24) is 10.2 Å². The summed E-state index contributed by atoms with van der Waals surface area (Å²) in [4.78, 5) is 39.6. The van der Waals surface area contributed by atoms with Crippen LogP contribution in [-0.4, -0.2) is 55.1 Å². The predicted molar refractivity (Wildman–Crippen MR) is 108 cm³/mol. The summed E-state index contributed by atoms with van der Waals surface area (Å²) < 4.78 is 5.01. The highest BCUT2D eigenvalue weighted by atomic mass is 16.6. The summed E-state index contributed by atoms with van der Waals surface area (Å²) in [7, 11) is 0. The summed E-state index contributed by atoms with van der Waals surface area (Å²) in [6.45, 7) is 9.10. The number of carbonyl (C=O) groups is 3. The molecular formula is C21H31N3O4. The van der Waals surface area contributed by atoms with E-state index in [2.05, 4.69) is 5.32 Å². The van der Waals surface area contributed by atoms with E-state index < -0.39 is 0 Å². The number of ether oxygens (including phenoxy) is 1. The molecule has 1 N–H and O–H groups in total. The maximum atomic E-state index is 12.4. The molecule has 0 unspecified atom stereocenters. The van der Waals surface area contributed by atoms with E-state index in [4.69, 9.17) is 4.74 Å². The molecule has 2 rings (SSSR count). The molecule has 1 heterocycles. The summed E-state index contributed by atoms with van der Waals surface area (Å²) in [5.41, 5.74) is 2.91. The van der Waals surface area contributed by atoms with Crippen LogP contribution in [0.4, 0.5) is 10.5 Å². The van der Waals surface area contributed by atoms with E-state index in [-0.39, 0.29) is 30.4 Å². The van der Waals surface area contributed by atoms with Crippen molar-refractivity contribution in [1.29, 1.82) is 0 Å². The molecule has 1 aromatic carbocycles. The number of amides is 3. The fourth-order valence-corrected chi connectivity index (χ4v) is 3.59. The normalized spacial score (nSPS) is 14.5. The first-order valence-electron chi connectivity index (χ1n) is 9.88. The molecule has 1 aliphatic heterocycles. The Labute approximate surface area is 167 Å². The van der Waals surface area contributed by atoms with E-state index in [0.29, 0.717) is 39.1 Å². The molecular weight excluding hydrogens is 358 g/mol. The third-order valence-electron chi connectivity index (χ3n) is 5.04. The van der Waals surface area contributed by atoms with Gasteiger partial charge in [0, 0.05) is 44.7 Å². The highest BCUT2D eigenvalue weighted by Gasteiger charge is 2.25. The van der Waals surface area contributed by atoms with Gasteiger partial charge in [-0.2, -0.15) is 0 Å². The number of anilines is 1. The molecule has 7 heteroatoms. The van der Waals surface area contributed by atoms with Crippen LogP contribution in [-0.2, 0) is 14.3 Å². The maximum Gasteiger partial charge on any atom is 0.409 e. The molecule has 1 aliphatic rings. The molecule has 28 heavy (non-hydrogen) atoms. The second-order valence-electron chi connectivity index (χ2n) is 7.19. The highest BCUT2D eigenvalue weighted by Crippen LogP contribution is 2.25. The number of rotatable bonds is 6. The van der Waals surface area contributed by atoms with Crippen molar-refractivity contribution in [2.75, 3.05) is 31.1 Å². The van der Waals surface area contributed by atoms with Crippen molar-refractivity contribution in [3.05, 3.63) is 29.3 Å². The Bertz CT molecular complexity index is 691. The van der Waals surface area contributed by atoms with Crippen molar-refractivity contribution in [2.45, 2.75) is 53.0 Å². The van der Waals surface area contributed by atoms with Gasteiger partial charge in [-0.1, -0.05) is 18.2 Å². The Balaban J connectivity index is 1.86.